The Balaban J connectivity index is 1.84. The average Bonchev–Trinajstić information content (AvgIpc) is 3.18. The largest absolute Gasteiger partial charge is 0.481 e. The smallest absolute Gasteiger partial charge is 0.357 e. The number of carboxylic acid groups (broad SMARTS) is 1. The molecule has 0 saturated heterocycles. The number of nitrogens with zero attached hydrogens (tertiary/aromatic N) is 1. The van der Waals surface area contributed by atoms with Crippen molar-refractivity contribution < 1.29 is 19.3 Å². The van der Waals surface area contributed by atoms with Gasteiger partial charge in [-0.25, -0.2) is 4.98 Å². The maximum Gasteiger partial charge on any atom is 0.357 e. The second-order valence-electron chi connectivity index (χ2n) is 4.68. The number of furan rings is 1. The van der Waals surface area contributed by atoms with Crippen molar-refractivity contribution in [3.8, 4) is 11.3 Å². The first-order chi connectivity index (χ1) is 11.2. The molecule has 0 atom stereocenters. The number of carboxylic acids is 1. The number of nitrogens with one attached hydrogen (secondary N) is 2. The normalized spacial score (nSPS) is 11.0. The molecule has 0 spiro atoms. The number of hydrogen-bond donors (Lipinski definition) is 2. The Morgan fingerprint density at radius 3 is 2.83 bits per heavy atom. The standard InChI is InChI=1S/C16H13N3O3S/c20-14(21)9-13-15(11-5-2-1-3-6-11)18-16(23-13)19-17-10-12-7-4-8-22-12/h1-8,10H,9H2,(H,18,19)(H,20,21)/p+1. The van der Waals surface area contributed by atoms with Crippen LogP contribution in [0.2, 0.25) is 0 Å². The third-order valence-corrected chi connectivity index (χ3v) is 4.01. The third kappa shape index (κ3) is 3.83. The van der Waals surface area contributed by atoms with Crippen LogP contribution < -0.4 is 10.4 Å². The van der Waals surface area contributed by atoms with Gasteiger partial charge in [0.05, 0.1) is 17.6 Å². The molecular weight excluding hydrogens is 314 g/mol. The molecule has 0 aliphatic carbocycles. The lowest BCUT2D eigenvalue weighted by molar-refractivity contribution is -0.341. The van der Waals surface area contributed by atoms with Crippen LogP contribution in [0.5, 0.6) is 0 Å². The topological polar surface area (TPSA) is 89.0 Å². The van der Waals surface area contributed by atoms with Crippen LogP contribution >= 0.6 is 11.3 Å². The summed E-state index contributed by atoms with van der Waals surface area (Å²) in [7, 11) is 0. The first-order valence-electron chi connectivity index (χ1n) is 6.87. The van der Waals surface area contributed by atoms with E-state index in [0.717, 1.165) is 16.1 Å². The molecule has 3 rings (SSSR count). The van der Waals surface area contributed by atoms with Gasteiger partial charge in [-0.3, -0.25) is 4.79 Å². The summed E-state index contributed by atoms with van der Waals surface area (Å²) in [6, 6.07) is 13.2. The average molecular weight is 328 g/mol. The van der Waals surface area contributed by atoms with Crippen molar-refractivity contribution in [3.63, 3.8) is 0 Å². The highest BCUT2D eigenvalue weighted by molar-refractivity contribution is 7.15. The summed E-state index contributed by atoms with van der Waals surface area (Å²) in [6.07, 6.45) is 3.07. The third-order valence-electron chi connectivity index (χ3n) is 3.02. The van der Waals surface area contributed by atoms with Crippen LogP contribution in [0.1, 0.15) is 10.6 Å². The first kappa shape index (κ1) is 15.0. The van der Waals surface area contributed by atoms with Gasteiger partial charge in [-0.1, -0.05) is 35.4 Å². The predicted octanol–water partition coefficient (Wildman–Crippen LogP) is 2.90. The fourth-order valence-corrected chi connectivity index (χ4v) is 3.02. The second kappa shape index (κ2) is 6.89. The summed E-state index contributed by atoms with van der Waals surface area (Å²) in [5, 5.41) is 13.8. The maximum atomic E-state index is 11.1. The van der Waals surface area contributed by atoms with Gasteiger partial charge >= 0.3 is 11.1 Å². The van der Waals surface area contributed by atoms with E-state index in [9.17, 15) is 4.79 Å². The maximum absolute atomic E-state index is 11.1. The molecule has 0 aliphatic rings. The number of rotatable bonds is 6. The molecule has 6 nitrogen and oxygen atoms in total. The molecule has 23 heavy (non-hydrogen) atoms. The minimum Gasteiger partial charge on any atom is -0.481 e. The predicted molar refractivity (Wildman–Crippen MR) is 87.6 cm³/mol. The number of carbonyl (C=O) groups is 1. The van der Waals surface area contributed by atoms with Crippen LogP contribution in [-0.2, 0) is 11.2 Å². The molecule has 0 fully saturated rings. The van der Waals surface area contributed by atoms with E-state index in [4.69, 9.17) is 9.52 Å². The van der Waals surface area contributed by atoms with Crippen LogP contribution in [0.4, 0.5) is 5.13 Å². The van der Waals surface area contributed by atoms with Crippen LogP contribution in [0.25, 0.3) is 11.3 Å². The Morgan fingerprint density at radius 1 is 1.30 bits per heavy atom. The zero-order chi connectivity index (χ0) is 16.1. The summed E-state index contributed by atoms with van der Waals surface area (Å²) in [5.41, 5.74) is 4.59. The van der Waals surface area contributed by atoms with E-state index in [1.165, 1.54) is 11.3 Å². The van der Waals surface area contributed by atoms with E-state index in [0.29, 0.717) is 10.9 Å². The minimum atomic E-state index is -0.872. The number of hydrazone groups is 1. The molecule has 3 N–H and O–H groups in total. The van der Waals surface area contributed by atoms with Crippen LogP contribution in [-0.4, -0.2) is 17.3 Å². The van der Waals surface area contributed by atoms with Gasteiger partial charge < -0.3 is 9.52 Å². The first-order valence-corrected chi connectivity index (χ1v) is 7.69. The van der Waals surface area contributed by atoms with Crippen molar-refractivity contribution in [1.82, 2.24) is 0 Å². The number of aromatic amines is 1. The lowest BCUT2D eigenvalue weighted by Crippen LogP contribution is -2.09. The summed E-state index contributed by atoms with van der Waals surface area (Å²) in [5.74, 6) is -0.244. The SMILES string of the molecule is O=C(O)Cc1sc(NN=Cc2ccco2)[nH+]c1-c1ccccc1. The molecule has 0 saturated carbocycles. The number of thiazole rings is 1. The monoisotopic (exact) mass is 328 g/mol. The van der Waals surface area contributed by atoms with Gasteiger partial charge in [0.2, 0.25) is 0 Å². The lowest BCUT2D eigenvalue weighted by atomic mass is 10.1. The van der Waals surface area contributed by atoms with Gasteiger partial charge in [-0.15, -0.1) is 5.43 Å². The summed E-state index contributed by atoms with van der Waals surface area (Å²) < 4.78 is 5.15. The van der Waals surface area contributed by atoms with Crippen molar-refractivity contribution in [2.45, 2.75) is 6.42 Å². The van der Waals surface area contributed by atoms with E-state index in [-0.39, 0.29) is 6.42 Å². The number of H-pyrrole nitrogens is 1. The van der Waals surface area contributed by atoms with Gasteiger partial charge in [0, 0.05) is 5.56 Å². The Morgan fingerprint density at radius 2 is 2.13 bits per heavy atom. The van der Waals surface area contributed by atoms with Gasteiger partial charge in [-0.05, 0) is 23.5 Å². The molecule has 0 bridgehead atoms. The molecule has 0 amide bonds. The zero-order valence-corrected chi connectivity index (χ0v) is 12.8. The Bertz CT molecular complexity index is 810. The molecular formula is C16H14N3O3S+. The zero-order valence-electron chi connectivity index (χ0n) is 12.0. The van der Waals surface area contributed by atoms with Crippen molar-refractivity contribution in [2.75, 3.05) is 5.43 Å². The summed E-state index contributed by atoms with van der Waals surface area (Å²) >= 11 is 1.33. The van der Waals surface area contributed by atoms with E-state index >= 15 is 0 Å². The van der Waals surface area contributed by atoms with E-state index < -0.39 is 5.97 Å². The fraction of sp³-hybridized carbons (Fsp3) is 0.0625. The second-order valence-corrected chi connectivity index (χ2v) is 5.78. The van der Waals surface area contributed by atoms with Crippen LogP contribution in [0.3, 0.4) is 0 Å². The molecule has 7 heteroatoms. The van der Waals surface area contributed by atoms with E-state index in [2.05, 4.69) is 15.5 Å². The highest BCUT2D eigenvalue weighted by atomic mass is 32.1. The molecule has 116 valence electrons. The van der Waals surface area contributed by atoms with Crippen molar-refractivity contribution in [1.29, 1.82) is 0 Å². The summed E-state index contributed by atoms with van der Waals surface area (Å²) in [4.78, 5) is 15.0. The van der Waals surface area contributed by atoms with E-state index in [1.807, 2.05) is 30.3 Å². The van der Waals surface area contributed by atoms with Crippen molar-refractivity contribution in [3.05, 3.63) is 59.4 Å². The lowest BCUT2D eigenvalue weighted by Gasteiger charge is -1.97. The molecule has 3 aromatic rings. The number of hydrogen-bond acceptors (Lipinski definition) is 5. The molecule has 0 aliphatic heterocycles. The van der Waals surface area contributed by atoms with Crippen molar-refractivity contribution in [2.24, 2.45) is 5.10 Å². The number of anilines is 1. The van der Waals surface area contributed by atoms with Crippen molar-refractivity contribution >= 4 is 28.7 Å². The van der Waals surface area contributed by atoms with E-state index in [1.54, 1.807) is 24.6 Å². The fourth-order valence-electron chi connectivity index (χ4n) is 2.05. The molecule has 1 aromatic carbocycles. The molecule has 2 aromatic heterocycles. The van der Waals surface area contributed by atoms with Gasteiger partial charge in [0.15, 0.2) is 0 Å². The van der Waals surface area contributed by atoms with Gasteiger partial charge in [-0.2, -0.15) is 0 Å². The van der Waals surface area contributed by atoms with Gasteiger partial charge in [0.25, 0.3) is 0 Å². The molecule has 2 heterocycles. The molecule has 0 radical (unpaired) electrons. The Labute approximate surface area is 136 Å². The number of aromatic nitrogens is 1. The highest BCUT2D eigenvalue weighted by Gasteiger charge is 2.19. The summed E-state index contributed by atoms with van der Waals surface area (Å²) in [6.45, 7) is 0. The highest BCUT2D eigenvalue weighted by Crippen LogP contribution is 2.27. The minimum absolute atomic E-state index is 0.0467. The number of benzene rings is 1. The Hall–Kier alpha value is -2.93. The van der Waals surface area contributed by atoms with Crippen LogP contribution in [0, 0.1) is 0 Å². The van der Waals surface area contributed by atoms with Gasteiger partial charge in [0.1, 0.15) is 17.7 Å². The number of aliphatic carboxylic acids is 1. The Kier molecular flexibility index (Phi) is 4.49. The molecule has 0 unspecified atom stereocenters. The quantitative estimate of drug-likeness (QED) is 0.538. The van der Waals surface area contributed by atoms with Crippen LogP contribution in [0.15, 0.2) is 58.2 Å².